The number of ether oxygens (including phenoxy) is 1. The van der Waals surface area contributed by atoms with Crippen LogP contribution in [0.2, 0.25) is 0 Å². The number of nitrogen functional groups attached to an aromatic ring is 1. The fourth-order valence-corrected chi connectivity index (χ4v) is 3.34. The number of carbonyl (C=O) groups excluding carboxylic acids is 1. The van der Waals surface area contributed by atoms with Crippen molar-refractivity contribution in [3.63, 3.8) is 0 Å². The third-order valence-corrected chi connectivity index (χ3v) is 5.03. The van der Waals surface area contributed by atoms with Crippen molar-refractivity contribution in [3.05, 3.63) is 48.0 Å². The van der Waals surface area contributed by atoms with Gasteiger partial charge in [-0.15, -0.1) is 24.8 Å². The van der Waals surface area contributed by atoms with Gasteiger partial charge in [0.05, 0.1) is 12.8 Å². The second-order valence-electron chi connectivity index (χ2n) is 7.07. The molecule has 2 aromatic rings. The summed E-state index contributed by atoms with van der Waals surface area (Å²) in [6.07, 6.45) is 0. The zero-order valence-corrected chi connectivity index (χ0v) is 18.7. The minimum absolute atomic E-state index is 0. The van der Waals surface area contributed by atoms with Crippen molar-refractivity contribution < 1.29 is 9.53 Å². The first kappa shape index (κ1) is 24.9. The topological polar surface area (TPSA) is 70.8 Å². The summed E-state index contributed by atoms with van der Waals surface area (Å²) in [5, 5.41) is 2.87. The van der Waals surface area contributed by atoms with E-state index >= 15 is 0 Å². The van der Waals surface area contributed by atoms with Crippen LogP contribution in [0.5, 0.6) is 5.75 Å². The van der Waals surface area contributed by atoms with Gasteiger partial charge in [-0.3, -0.25) is 9.69 Å². The Morgan fingerprint density at radius 3 is 2.17 bits per heavy atom. The minimum atomic E-state index is -0.157. The highest BCUT2D eigenvalue weighted by molar-refractivity contribution is 6.04. The van der Waals surface area contributed by atoms with E-state index < -0.39 is 0 Å². The molecule has 0 unspecified atom stereocenters. The number of hydrogen-bond acceptors (Lipinski definition) is 5. The molecule has 8 heteroatoms. The maximum atomic E-state index is 12.5. The molecule has 0 spiro atoms. The summed E-state index contributed by atoms with van der Waals surface area (Å²) >= 11 is 0. The molecule has 160 valence electrons. The van der Waals surface area contributed by atoms with E-state index in [1.54, 1.807) is 25.3 Å². The molecule has 1 amide bonds. The van der Waals surface area contributed by atoms with E-state index in [1.165, 1.54) is 0 Å². The molecule has 0 aliphatic carbocycles. The van der Waals surface area contributed by atoms with E-state index in [-0.39, 0.29) is 30.7 Å². The van der Waals surface area contributed by atoms with E-state index in [2.05, 4.69) is 29.0 Å². The van der Waals surface area contributed by atoms with Crippen LogP contribution in [0.1, 0.15) is 24.2 Å². The number of nitrogens with one attached hydrogen (secondary N) is 1. The van der Waals surface area contributed by atoms with Crippen molar-refractivity contribution in [2.45, 2.75) is 19.9 Å². The van der Waals surface area contributed by atoms with Crippen molar-refractivity contribution in [2.75, 3.05) is 49.2 Å². The van der Waals surface area contributed by atoms with Crippen LogP contribution in [-0.4, -0.2) is 50.1 Å². The molecule has 6 nitrogen and oxygen atoms in total. The fraction of sp³-hybridized carbons (Fsp3) is 0.381. The number of rotatable bonds is 5. The van der Waals surface area contributed by atoms with Crippen LogP contribution in [0.15, 0.2) is 42.5 Å². The SMILES string of the molecule is COc1ccc(NC(=O)c2ccc(N3CCN(C(C)C)CC3)cc2)cc1N.Cl.Cl. The van der Waals surface area contributed by atoms with Crippen LogP contribution in [0.25, 0.3) is 0 Å². The quantitative estimate of drug-likeness (QED) is 0.689. The van der Waals surface area contributed by atoms with Crippen LogP contribution in [0.4, 0.5) is 17.1 Å². The molecule has 29 heavy (non-hydrogen) atoms. The molecular weight excluding hydrogens is 411 g/mol. The van der Waals surface area contributed by atoms with Gasteiger partial charge in [0.1, 0.15) is 5.75 Å². The molecule has 0 bridgehead atoms. The van der Waals surface area contributed by atoms with E-state index in [9.17, 15) is 4.79 Å². The monoisotopic (exact) mass is 440 g/mol. The highest BCUT2D eigenvalue weighted by Crippen LogP contribution is 2.25. The van der Waals surface area contributed by atoms with E-state index in [4.69, 9.17) is 10.5 Å². The van der Waals surface area contributed by atoms with Gasteiger partial charge in [0.15, 0.2) is 0 Å². The standard InChI is InChI=1S/C21H28N4O2.2ClH/c1-15(2)24-10-12-25(13-11-24)18-7-4-16(5-8-18)21(26)23-17-6-9-20(27-3)19(22)14-17;;/h4-9,14-15H,10-13,22H2,1-3H3,(H,23,26);2*1H. The molecule has 1 aliphatic rings. The summed E-state index contributed by atoms with van der Waals surface area (Å²) in [6.45, 7) is 8.63. The number of anilines is 3. The summed E-state index contributed by atoms with van der Waals surface area (Å²) in [7, 11) is 1.56. The van der Waals surface area contributed by atoms with Crippen LogP contribution < -0.4 is 20.7 Å². The second-order valence-corrected chi connectivity index (χ2v) is 7.07. The Kier molecular flexibility index (Phi) is 9.56. The molecule has 1 heterocycles. The number of nitrogens with two attached hydrogens (primary N) is 1. The molecule has 0 atom stereocenters. The number of carbonyl (C=O) groups is 1. The molecule has 3 N–H and O–H groups in total. The zero-order chi connectivity index (χ0) is 19.4. The van der Waals surface area contributed by atoms with Gasteiger partial charge in [0.2, 0.25) is 0 Å². The smallest absolute Gasteiger partial charge is 0.255 e. The van der Waals surface area contributed by atoms with Crippen LogP contribution in [0, 0.1) is 0 Å². The van der Waals surface area contributed by atoms with Gasteiger partial charge in [0, 0.05) is 49.2 Å². The Morgan fingerprint density at radius 2 is 1.66 bits per heavy atom. The van der Waals surface area contributed by atoms with Crippen molar-refractivity contribution in [1.29, 1.82) is 0 Å². The Morgan fingerprint density at radius 1 is 1.03 bits per heavy atom. The maximum Gasteiger partial charge on any atom is 0.255 e. The molecular formula is C21H30Cl2N4O2. The van der Waals surface area contributed by atoms with Crippen molar-refractivity contribution in [3.8, 4) is 5.75 Å². The number of piperazine rings is 1. The first-order valence-corrected chi connectivity index (χ1v) is 9.32. The third kappa shape index (κ3) is 6.16. The maximum absolute atomic E-state index is 12.5. The van der Waals surface area contributed by atoms with Crippen molar-refractivity contribution >= 4 is 47.8 Å². The van der Waals surface area contributed by atoms with Crippen molar-refractivity contribution in [2.24, 2.45) is 0 Å². The lowest BCUT2D eigenvalue weighted by atomic mass is 10.1. The highest BCUT2D eigenvalue weighted by atomic mass is 35.5. The highest BCUT2D eigenvalue weighted by Gasteiger charge is 2.19. The average molecular weight is 441 g/mol. The Balaban J connectivity index is 0.00000210. The number of benzene rings is 2. The number of methoxy groups -OCH3 is 1. The lowest BCUT2D eigenvalue weighted by Crippen LogP contribution is -2.48. The molecule has 0 aromatic heterocycles. The first-order chi connectivity index (χ1) is 13.0. The first-order valence-electron chi connectivity index (χ1n) is 9.32. The molecule has 1 saturated heterocycles. The van der Waals surface area contributed by atoms with E-state index in [0.29, 0.717) is 28.7 Å². The van der Waals surface area contributed by atoms with Crippen LogP contribution >= 0.6 is 24.8 Å². The van der Waals surface area contributed by atoms with Gasteiger partial charge in [-0.2, -0.15) is 0 Å². The summed E-state index contributed by atoms with van der Waals surface area (Å²) in [4.78, 5) is 17.3. The van der Waals surface area contributed by atoms with E-state index in [0.717, 1.165) is 31.9 Å². The summed E-state index contributed by atoms with van der Waals surface area (Å²) < 4.78 is 5.13. The Bertz CT molecular complexity index is 792. The van der Waals surface area contributed by atoms with Gasteiger partial charge in [0.25, 0.3) is 5.91 Å². The third-order valence-electron chi connectivity index (χ3n) is 5.03. The fourth-order valence-electron chi connectivity index (χ4n) is 3.34. The van der Waals surface area contributed by atoms with Gasteiger partial charge in [-0.1, -0.05) is 0 Å². The number of amides is 1. The van der Waals surface area contributed by atoms with Crippen LogP contribution in [0.3, 0.4) is 0 Å². The van der Waals surface area contributed by atoms with E-state index in [1.807, 2.05) is 24.3 Å². The average Bonchev–Trinajstić information content (AvgIpc) is 2.68. The van der Waals surface area contributed by atoms with Crippen LogP contribution in [-0.2, 0) is 0 Å². The Hall–Kier alpha value is -2.15. The molecule has 1 fully saturated rings. The lowest BCUT2D eigenvalue weighted by molar-refractivity contribution is 0.102. The summed E-state index contributed by atoms with van der Waals surface area (Å²) in [5.41, 5.74) is 8.80. The number of halogens is 2. The number of nitrogens with zero attached hydrogens (tertiary/aromatic N) is 2. The molecule has 0 radical (unpaired) electrons. The summed E-state index contributed by atoms with van der Waals surface area (Å²) in [5.74, 6) is 0.436. The largest absolute Gasteiger partial charge is 0.495 e. The predicted molar refractivity (Wildman–Crippen MR) is 125 cm³/mol. The second kappa shape index (κ2) is 11.1. The Labute approximate surface area is 185 Å². The number of hydrogen-bond donors (Lipinski definition) is 2. The predicted octanol–water partition coefficient (Wildman–Crippen LogP) is 3.90. The molecule has 2 aromatic carbocycles. The zero-order valence-electron chi connectivity index (χ0n) is 17.1. The lowest BCUT2D eigenvalue weighted by Gasteiger charge is -2.38. The molecule has 1 aliphatic heterocycles. The molecule has 3 rings (SSSR count). The van der Waals surface area contributed by atoms with Gasteiger partial charge >= 0.3 is 0 Å². The van der Waals surface area contributed by atoms with Gasteiger partial charge in [-0.05, 0) is 56.3 Å². The van der Waals surface area contributed by atoms with Crippen molar-refractivity contribution in [1.82, 2.24) is 4.90 Å². The summed E-state index contributed by atoms with van der Waals surface area (Å²) in [6, 6.07) is 13.6. The van der Waals surface area contributed by atoms with Gasteiger partial charge < -0.3 is 20.7 Å². The minimum Gasteiger partial charge on any atom is -0.495 e. The molecule has 0 saturated carbocycles. The van der Waals surface area contributed by atoms with Gasteiger partial charge in [-0.25, -0.2) is 0 Å². The normalized spacial score (nSPS) is 14.0.